The van der Waals surface area contributed by atoms with Crippen molar-refractivity contribution in [2.75, 3.05) is 14.1 Å². The molecule has 0 bridgehead atoms. The van der Waals surface area contributed by atoms with Gasteiger partial charge in [-0.2, -0.15) is 5.10 Å². The Morgan fingerprint density at radius 1 is 1.35 bits per heavy atom. The molecule has 0 unspecified atom stereocenters. The molecule has 0 aliphatic heterocycles. The van der Waals surface area contributed by atoms with Gasteiger partial charge in [0.05, 0.1) is 5.69 Å². The number of halogens is 1. The first-order chi connectivity index (χ1) is 10.9. The second kappa shape index (κ2) is 7.51. The fourth-order valence-corrected chi connectivity index (χ4v) is 2.78. The largest absolute Gasteiger partial charge is 0.352 e. The summed E-state index contributed by atoms with van der Waals surface area (Å²) in [6.45, 7) is 5.50. The van der Waals surface area contributed by atoms with Gasteiger partial charge < -0.3 is 10.2 Å². The molecule has 1 heterocycles. The van der Waals surface area contributed by atoms with Crippen molar-refractivity contribution in [2.45, 2.75) is 26.9 Å². The lowest BCUT2D eigenvalue weighted by Crippen LogP contribution is -2.38. The Balaban J connectivity index is 2.04. The molecule has 23 heavy (non-hydrogen) atoms. The van der Waals surface area contributed by atoms with Crippen molar-refractivity contribution in [3.05, 3.63) is 51.8 Å². The first kappa shape index (κ1) is 17.3. The molecule has 0 amide bonds. The molecule has 0 saturated carbocycles. The van der Waals surface area contributed by atoms with Gasteiger partial charge in [0.25, 0.3) is 0 Å². The maximum Gasteiger partial charge on any atom is 0.193 e. The number of hydrogen-bond acceptors (Lipinski definition) is 2. The van der Waals surface area contributed by atoms with E-state index in [4.69, 9.17) is 11.6 Å². The minimum absolute atomic E-state index is 0.699. The molecular formula is C17H24ClN5. The van der Waals surface area contributed by atoms with Crippen molar-refractivity contribution in [2.24, 2.45) is 12.0 Å². The van der Waals surface area contributed by atoms with Gasteiger partial charge in [-0.1, -0.05) is 29.8 Å². The summed E-state index contributed by atoms with van der Waals surface area (Å²) in [5.74, 6) is 0.826. The Morgan fingerprint density at radius 3 is 2.61 bits per heavy atom. The number of aromatic nitrogens is 2. The number of aliphatic imine (C=N–C) groups is 1. The van der Waals surface area contributed by atoms with Crippen LogP contribution in [0.3, 0.4) is 0 Å². The molecule has 124 valence electrons. The molecule has 5 nitrogen and oxygen atoms in total. The second-order valence-corrected chi connectivity index (χ2v) is 6.03. The third-order valence-electron chi connectivity index (χ3n) is 4.02. The van der Waals surface area contributed by atoms with Crippen LogP contribution in [0.1, 0.15) is 22.5 Å². The summed E-state index contributed by atoms with van der Waals surface area (Å²) in [5.41, 5.74) is 4.49. The van der Waals surface area contributed by atoms with Crippen LogP contribution >= 0.6 is 11.6 Å². The minimum Gasteiger partial charge on any atom is -0.352 e. The average molecular weight is 334 g/mol. The van der Waals surface area contributed by atoms with Crippen LogP contribution < -0.4 is 5.32 Å². The van der Waals surface area contributed by atoms with E-state index in [-0.39, 0.29) is 0 Å². The van der Waals surface area contributed by atoms with Gasteiger partial charge in [-0.05, 0) is 25.5 Å². The van der Waals surface area contributed by atoms with Crippen molar-refractivity contribution >= 4 is 17.6 Å². The van der Waals surface area contributed by atoms with Gasteiger partial charge in [0, 0.05) is 50.5 Å². The Hall–Kier alpha value is -2.01. The SMILES string of the molecule is CN=C(NCc1c(C)nn(C)c1C)N(C)Cc1ccccc1Cl. The van der Waals surface area contributed by atoms with Crippen molar-refractivity contribution in [3.63, 3.8) is 0 Å². The van der Waals surface area contributed by atoms with Gasteiger partial charge in [0.15, 0.2) is 5.96 Å². The molecule has 1 aromatic carbocycles. The van der Waals surface area contributed by atoms with Gasteiger partial charge in [0.2, 0.25) is 0 Å². The smallest absolute Gasteiger partial charge is 0.193 e. The highest BCUT2D eigenvalue weighted by molar-refractivity contribution is 6.31. The van der Waals surface area contributed by atoms with E-state index in [0.29, 0.717) is 13.1 Å². The zero-order valence-electron chi connectivity index (χ0n) is 14.4. The molecule has 2 rings (SSSR count). The summed E-state index contributed by atoms with van der Waals surface area (Å²) in [6, 6.07) is 7.87. The molecule has 1 aromatic heterocycles. The highest BCUT2D eigenvalue weighted by Crippen LogP contribution is 2.16. The van der Waals surface area contributed by atoms with Gasteiger partial charge in [0.1, 0.15) is 0 Å². The quantitative estimate of drug-likeness (QED) is 0.691. The summed E-state index contributed by atoms with van der Waals surface area (Å²) in [4.78, 5) is 6.41. The van der Waals surface area contributed by atoms with Crippen LogP contribution in [0.4, 0.5) is 0 Å². The first-order valence-corrected chi connectivity index (χ1v) is 7.96. The first-order valence-electron chi connectivity index (χ1n) is 7.58. The van der Waals surface area contributed by atoms with Gasteiger partial charge in [-0.25, -0.2) is 0 Å². The van der Waals surface area contributed by atoms with E-state index >= 15 is 0 Å². The molecule has 0 spiro atoms. The molecular weight excluding hydrogens is 310 g/mol. The highest BCUT2D eigenvalue weighted by atomic mass is 35.5. The lowest BCUT2D eigenvalue weighted by Gasteiger charge is -2.22. The Labute approximate surface area is 143 Å². The predicted molar refractivity (Wildman–Crippen MR) is 95.8 cm³/mol. The van der Waals surface area contributed by atoms with Crippen LogP contribution in [0.25, 0.3) is 0 Å². The van der Waals surface area contributed by atoms with Crippen LogP contribution in [-0.2, 0) is 20.1 Å². The summed E-state index contributed by atoms with van der Waals surface area (Å²) < 4.78 is 1.91. The fourth-order valence-electron chi connectivity index (χ4n) is 2.58. The number of hydrogen-bond donors (Lipinski definition) is 1. The summed E-state index contributed by atoms with van der Waals surface area (Å²) >= 11 is 6.24. The van der Waals surface area contributed by atoms with Crippen LogP contribution in [0, 0.1) is 13.8 Å². The predicted octanol–water partition coefficient (Wildman–Crippen LogP) is 2.90. The van der Waals surface area contributed by atoms with E-state index in [0.717, 1.165) is 22.2 Å². The molecule has 0 saturated heterocycles. The minimum atomic E-state index is 0.699. The molecule has 0 radical (unpaired) electrons. The van der Waals surface area contributed by atoms with Gasteiger partial charge >= 0.3 is 0 Å². The van der Waals surface area contributed by atoms with Crippen LogP contribution in [0.2, 0.25) is 5.02 Å². The monoisotopic (exact) mass is 333 g/mol. The maximum atomic E-state index is 6.24. The normalized spacial score (nSPS) is 11.7. The molecule has 2 aromatic rings. The second-order valence-electron chi connectivity index (χ2n) is 5.62. The van der Waals surface area contributed by atoms with E-state index < -0.39 is 0 Å². The lowest BCUT2D eigenvalue weighted by molar-refractivity contribution is 0.476. The van der Waals surface area contributed by atoms with Crippen LogP contribution in [-0.4, -0.2) is 34.7 Å². The highest BCUT2D eigenvalue weighted by Gasteiger charge is 2.12. The average Bonchev–Trinajstić information content (AvgIpc) is 2.76. The van der Waals surface area contributed by atoms with Crippen molar-refractivity contribution in [1.82, 2.24) is 20.0 Å². The van der Waals surface area contributed by atoms with Crippen molar-refractivity contribution in [3.8, 4) is 0 Å². The summed E-state index contributed by atoms with van der Waals surface area (Å²) in [6.07, 6.45) is 0. The number of benzene rings is 1. The van der Waals surface area contributed by atoms with Gasteiger partial charge in [-0.15, -0.1) is 0 Å². The Bertz CT molecular complexity index is 705. The molecule has 6 heteroatoms. The number of aryl methyl sites for hydroxylation is 2. The molecule has 0 fully saturated rings. The molecule has 0 atom stereocenters. The van der Waals surface area contributed by atoms with E-state index in [9.17, 15) is 0 Å². The van der Waals surface area contributed by atoms with E-state index in [1.165, 1.54) is 11.3 Å². The number of rotatable bonds is 4. The van der Waals surface area contributed by atoms with Crippen LogP contribution in [0.5, 0.6) is 0 Å². The standard InChI is InChI=1S/C17H24ClN5/c1-12-15(13(2)23(5)21-12)10-20-17(19-3)22(4)11-14-8-6-7-9-16(14)18/h6-9H,10-11H2,1-5H3,(H,19,20). The zero-order chi connectivity index (χ0) is 17.0. The molecule has 0 aliphatic rings. The van der Waals surface area contributed by atoms with E-state index in [2.05, 4.69) is 27.2 Å². The van der Waals surface area contributed by atoms with E-state index in [1.807, 2.05) is 50.0 Å². The van der Waals surface area contributed by atoms with E-state index in [1.54, 1.807) is 7.05 Å². The number of nitrogens with one attached hydrogen (secondary N) is 1. The maximum absolute atomic E-state index is 6.24. The fraction of sp³-hybridized carbons (Fsp3) is 0.412. The number of nitrogens with zero attached hydrogens (tertiary/aromatic N) is 4. The summed E-state index contributed by atoms with van der Waals surface area (Å²) in [7, 11) is 5.75. The third-order valence-corrected chi connectivity index (χ3v) is 4.39. The molecule has 1 N–H and O–H groups in total. The van der Waals surface area contributed by atoms with Crippen LogP contribution in [0.15, 0.2) is 29.3 Å². The molecule has 0 aliphatic carbocycles. The van der Waals surface area contributed by atoms with Crippen molar-refractivity contribution < 1.29 is 0 Å². The lowest BCUT2D eigenvalue weighted by atomic mass is 10.2. The topological polar surface area (TPSA) is 45.5 Å². The van der Waals surface area contributed by atoms with Gasteiger partial charge in [-0.3, -0.25) is 9.67 Å². The Morgan fingerprint density at radius 2 is 2.04 bits per heavy atom. The zero-order valence-corrected chi connectivity index (χ0v) is 15.1. The van der Waals surface area contributed by atoms with Crippen molar-refractivity contribution in [1.29, 1.82) is 0 Å². The summed E-state index contributed by atoms with van der Waals surface area (Å²) in [5, 5.41) is 8.62. The number of guanidine groups is 1. The Kier molecular flexibility index (Phi) is 5.66. The third kappa shape index (κ3) is 4.05.